The minimum atomic E-state index is -0.131. The van der Waals surface area contributed by atoms with Crippen LogP contribution in [0.5, 0.6) is 0 Å². The third kappa shape index (κ3) is 3.32. The monoisotopic (exact) mass is 273 g/mol. The summed E-state index contributed by atoms with van der Waals surface area (Å²) in [7, 11) is 3.82. The number of anilines is 2. The lowest BCUT2D eigenvalue weighted by molar-refractivity contribution is 0.0954. The summed E-state index contributed by atoms with van der Waals surface area (Å²) in [5.41, 5.74) is 7.98. The predicted molar refractivity (Wildman–Crippen MR) is 79.9 cm³/mol. The first-order chi connectivity index (χ1) is 9.58. The highest BCUT2D eigenvalue weighted by molar-refractivity contribution is 5.96. The number of hydrogen-bond acceptors (Lipinski definition) is 4. The van der Waals surface area contributed by atoms with Crippen LogP contribution in [-0.2, 0) is 6.42 Å². The Hall–Kier alpha value is -2.43. The molecule has 2 aromatic rings. The number of nitrogen functional groups attached to an aromatic ring is 1. The maximum Gasteiger partial charge on any atom is 0.251 e. The summed E-state index contributed by atoms with van der Waals surface area (Å²) in [4.78, 5) is 13.9. The van der Waals surface area contributed by atoms with Gasteiger partial charge in [0.2, 0.25) is 0 Å². The molecule has 1 heterocycles. The summed E-state index contributed by atoms with van der Waals surface area (Å²) >= 11 is 0. The minimum absolute atomic E-state index is 0.131. The second-order valence-corrected chi connectivity index (χ2v) is 4.75. The van der Waals surface area contributed by atoms with E-state index in [0.29, 0.717) is 24.2 Å². The van der Waals surface area contributed by atoms with E-state index in [9.17, 15) is 4.79 Å². The molecule has 1 amide bonds. The molecule has 0 aliphatic heterocycles. The molecule has 1 aromatic heterocycles. The normalized spacial score (nSPS) is 10.3. The Kier molecular flexibility index (Phi) is 4.30. The fourth-order valence-corrected chi connectivity index (χ4v) is 1.96. The van der Waals surface area contributed by atoms with Crippen LogP contribution in [-0.4, -0.2) is 26.5 Å². The standard InChI is InChI=1S/C15H19N3O2/c1-18(2)14-6-5-11(10-13(14)16)15(19)17-8-7-12-4-3-9-20-12/h3-6,9-10H,7-8,16H2,1-2H3,(H,17,19). The van der Waals surface area contributed by atoms with E-state index in [4.69, 9.17) is 10.2 Å². The van der Waals surface area contributed by atoms with Gasteiger partial charge < -0.3 is 20.4 Å². The summed E-state index contributed by atoms with van der Waals surface area (Å²) in [5.74, 6) is 0.723. The molecule has 0 saturated carbocycles. The SMILES string of the molecule is CN(C)c1ccc(C(=O)NCCc2ccco2)cc1N. The van der Waals surface area contributed by atoms with Crippen LogP contribution >= 0.6 is 0 Å². The van der Waals surface area contributed by atoms with Gasteiger partial charge in [0.1, 0.15) is 5.76 Å². The molecule has 0 radical (unpaired) electrons. The number of nitrogens with zero attached hydrogens (tertiary/aromatic N) is 1. The van der Waals surface area contributed by atoms with Gasteiger partial charge in [0.05, 0.1) is 17.6 Å². The number of amides is 1. The Morgan fingerprint density at radius 1 is 1.35 bits per heavy atom. The summed E-state index contributed by atoms with van der Waals surface area (Å²) in [6.07, 6.45) is 2.29. The van der Waals surface area contributed by atoms with Crippen molar-refractivity contribution in [3.05, 3.63) is 47.9 Å². The van der Waals surface area contributed by atoms with Gasteiger partial charge in [-0.3, -0.25) is 4.79 Å². The number of nitrogens with one attached hydrogen (secondary N) is 1. The molecule has 0 saturated heterocycles. The third-order valence-electron chi connectivity index (χ3n) is 3.01. The van der Waals surface area contributed by atoms with Gasteiger partial charge in [-0.1, -0.05) is 0 Å². The lowest BCUT2D eigenvalue weighted by Gasteiger charge is -2.15. The van der Waals surface area contributed by atoms with Crippen molar-refractivity contribution in [3.63, 3.8) is 0 Å². The number of carbonyl (C=O) groups excluding carboxylic acids is 1. The zero-order chi connectivity index (χ0) is 14.5. The zero-order valence-corrected chi connectivity index (χ0v) is 11.7. The minimum Gasteiger partial charge on any atom is -0.469 e. The summed E-state index contributed by atoms with van der Waals surface area (Å²) in [6.45, 7) is 0.529. The molecule has 5 nitrogen and oxygen atoms in total. The quantitative estimate of drug-likeness (QED) is 0.816. The second kappa shape index (κ2) is 6.14. The van der Waals surface area contributed by atoms with Gasteiger partial charge in [0.15, 0.2) is 0 Å². The lowest BCUT2D eigenvalue weighted by Crippen LogP contribution is -2.25. The highest BCUT2D eigenvalue weighted by atomic mass is 16.3. The van der Waals surface area contributed by atoms with Crippen LogP contribution < -0.4 is 16.0 Å². The molecule has 0 fully saturated rings. The molecule has 5 heteroatoms. The third-order valence-corrected chi connectivity index (χ3v) is 3.01. The van der Waals surface area contributed by atoms with Crippen LogP contribution in [0.4, 0.5) is 11.4 Å². The van der Waals surface area contributed by atoms with Gasteiger partial charge >= 0.3 is 0 Å². The van der Waals surface area contributed by atoms with Gasteiger partial charge in [-0.2, -0.15) is 0 Å². The summed E-state index contributed by atoms with van der Waals surface area (Å²) in [5, 5.41) is 2.85. The van der Waals surface area contributed by atoms with Gasteiger partial charge in [0, 0.05) is 32.6 Å². The van der Waals surface area contributed by atoms with Crippen molar-refractivity contribution in [2.24, 2.45) is 0 Å². The van der Waals surface area contributed by atoms with E-state index in [0.717, 1.165) is 11.4 Å². The van der Waals surface area contributed by atoms with Crippen LogP contribution in [0.3, 0.4) is 0 Å². The fourth-order valence-electron chi connectivity index (χ4n) is 1.96. The fraction of sp³-hybridized carbons (Fsp3) is 0.267. The van der Waals surface area contributed by atoms with E-state index in [1.165, 1.54) is 0 Å². The average Bonchev–Trinajstić information content (AvgIpc) is 2.91. The van der Waals surface area contributed by atoms with Crippen molar-refractivity contribution >= 4 is 17.3 Å². The number of carbonyl (C=O) groups is 1. The van der Waals surface area contributed by atoms with Crippen molar-refractivity contribution in [1.29, 1.82) is 0 Å². The van der Waals surface area contributed by atoms with Crippen molar-refractivity contribution in [1.82, 2.24) is 5.32 Å². The van der Waals surface area contributed by atoms with E-state index in [1.54, 1.807) is 18.4 Å². The Morgan fingerprint density at radius 2 is 2.15 bits per heavy atom. The number of benzene rings is 1. The second-order valence-electron chi connectivity index (χ2n) is 4.75. The molecule has 0 unspecified atom stereocenters. The number of nitrogens with two attached hydrogens (primary N) is 1. The largest absolute Gasteiger partial charge is 0.469 e. The van der Waals surface area contributed by atoms with E-state index in [-0.39, 0.29) is 5.91 Å². The van der Waals surface area contributed by atoms with Gasteiger partial charge in [-0.15, -0.1) is 0 Å². The molecule has 0 spiro atoms. The maximum absolute atomic E-state index is 12.0. The van der Waals surface area contributed by atoms with E-state index < -0.39 is 0 Å². The summed E-state index contributed by atoms with van der Waals surface area (Å²) < 4.78 is 5.21. The Labute approximate surface area is 118 Å². The zero-order valence-electron chi connectivity index (χ0n) is 11.7. The lowest BCUT2D eigenvalue weighted by atomic mass is 10.1. The number of rotatable bonds is 5. The van der Waals surface area contributed by atoms with Crippen LogP contribution in [0.1, 0.15) is 16.1 Å². The topological polar surface area (TPSA) is 71.5 Å². The summed E-state index contributed by atoms with van der Waals surface area (Å²) in [6, 6.07) is 9.02. The molecule has 0 bridgehead atoms. The van der Waals surface area contributed by atoms with E-state index >= 15 is 0 Å². The molecule has 0 aliphatic carbocycles. The molecule has 3 N–H and O–H groups in total. The first-order valence-electron chi connectivity index (χ1n) is 6.45. The van der Waals surface area contributed by atoms with Crippen LogP contribution in [0.2, 0.25) is 0 Å². The van der Waals surface area contributed by atoms with Crippen molar-refractivity contribution in [2.75, 3.05) is 31.3 Å². The van der Waals surface area contributed by atoms with Crippen LogP contribution in [0, 0.1) is 0 Å². The molecule has 0 aliphatic rings. The van der Waals surface area contributed by atoms with Crippen molar-refractivity contribution in [3.8, 4) is 0 Å². The average molecular weight is 273 g/mol. The Morgan fingerprint density at radius 3 is 2.75 bits per heavy atom. The molecule has 0 atom stereocenters. The van der Waals surface area contributed by atoms with Gasteiger partial charge in [-0.05, 0) is 30.3 Å². The van der Waals surface area contributed by atoms with Gasteiger partial charge in [0.25, 0.3) is 5.91 Å². The number of hydrogen-bond donors (Lipinski definition) is 2. The number of furan rings is 1. The van der Waals surface area contributed by atoms with E-state index in [2.05, 4.69) is 5.32 Å². The predicted octanol–water partition coefficient (Wildman–Crippen LogP) is 1.90. The van der Waals surface area contributed by atoms with Crippen molar-refractivity contribution < 1.29 is 9.21 Å². The van der Waals surface area contributed by atoms with Crippen molar-refractivity contribution in [2.45, 2.75) is 6.42 Å². The first kappa shape index (κ1) is 14.0. The first-order valence-corrected chi connectivity index (χ1v) is 6.45. The van der Waals surface area contributed by atoms with E-state index in [1.807, 2.05) is 37.2 Å². The molecular weight excluding hydrogens is 254 g/mol. The molecule has 1 aromatic carbocycles. The van der Waals surface area contributed by atoms with Crippen LogP contribution in [0.25, 0.3) is 0 Å². The Bertz CT molecular complexity index is 577. The molecule has 20 heavy (non-hydrogen) atoms. The van der Waals surface area contributed by atoms with Gasteiger partial charge in [-0.25, -0.2) is 0 Å². The smallest absolute Gasteiger partial charge is 0.251 e. The Balaban J connectivity index is 1.94. The molecule has 106 valence electrons. The van der Waals surface area contributed by atoms with Crippen LogP contribution in [0.15, 0.2) is 41.0 Å². The maximum atomic E-state index is 12.0. The highest BCUT2D eigenvalue weighted by Gasteiger charge is 2.09. The molecular formula is C15H19N3O2. The molecule has 2 rings (SSSR count). The highest BCUT2D eigenvalue weighted by Crippen LogP contribution is 2.22.